The zero-order valence-corrected chi connectivity index (χ0v) is 9.61. The number of alkyl halides is 3. The summed E-state index contributed by atoms with van der Waals surface area (Å²) in [7, 11) is 0. The van der Waals surface area contributed by atoms with Crippen LogP contribution in [0, 0.1) is 11.7 Å². The molecule has 2 N–H and O–H groups in total. The van der Waals surface area contributed by atoms with Crippen molar-refractivity contribution >= 4 is 12.4 Å². The Balaban J connectivity index is 0.00000144. The van der Waals surface area contributed by atoms with Gasteiger partial charge in [-0.3, -0.25) is 0 Å². The van der Waals surface area contributed by atoms with Crippen molar-refractivity contribution in [3.8, 4) is 0 Å². The Morgan fingerprint density at radius 2 is 1.82 bits per heavy atom. The Morgan fingerprint density at radius 1 is 1.24 bits per heavy atom. The van der Waals surface area contributed by atoms with Crippen LogP contribution in [0.2, 0.25) is 0 Å². The van der Waals surface area contributed by atoms with E-state index in [-0.39, 0.29) is 23.9 Å². The maximum absolute atomic E-state index is 13.3. The van der Waals surface area contributed by atoms with Crippen molar-refractivity contribution in [3.05, 3.63) is 35.1 Å². The standard InChI is InChI=1S/C11H11F4N.ClH/c12-9-4-3-7(11(13,14)15)5-8(9)10(16)6-1-2-6;/h3-6,10H,1-2,16H2;1H/t10-;/m1./s1. The van der Waals surface area contributed by atoms with E-state index in [4.69, 9.17) is 5.73 Å². The van der Waals surface area contributed by atoms with Crippen LogP contribution in [0.1, 0.15) is 30.0 Å². The number of halogens is 5. The van der Waals surface area contributed by atoms with Gasteiger partial charge >= 0.3 is 6.18 Å². The Kier molecular flexibility index (Phi) is 4.04. The predicted octanol–water partition coefficient (Wildman–Crippen LogP) is 3.68. The van der Waals surface area contributed by atoms with Crippen molar-refractivity contribution < 1.29 is 17.6 Å². The van der Waals surface area contributed by atoms with Gasteiger partial charge in [0.2, 0.25) is 0 Å². The van der Waals surface area contributed by atoms with Gasteiger partial charge in [0.15, 0.2) is 0 Å². The summed E-state index contributed by atoms with van der Waals surface area (Å²) in [6.45, 7) is 0. The quantitative estimate of drug-likeness (QED) is 0.815. The van der Waals surface area contributed by atoms with Crippen LogP contribution in [0.25, 0.3) is 0 Å². The topological polar surface area (TPSA) is 26.0 Å². The molecule has 0 bridgehead atoms. The molecule has 0 unspecified atom stereocenters. The van der Waals surface area contributed by atoms with Crippen molar-refractivity contribution in [1.29, 1.82) is 0 Å². The Morgan fingerprint density at radius 3 is 2.29 bits per heavy atom. The molecule has 1 atom stereocenters. The molecule has 1 saturated carbocycles. The lowest BCUT2D eigenvalue weighted by atomic mass is 10.00. The van der Waals surface area contributed by atoms with E-state index in [0.29, 0.717) is 0 Å². The molecule has 2 rings (SSSR count). The summed E-state index contributed by atoms with van der Waals surface area (Å²) >= 11 is 0. The van der Waals surface area contributed by atoms with Crippen molar-refractivity contribution in [2.24, 2.45) is 11.7 Å². The molecule has 1 aliphatic carbocycles. The number of benzene rings is 1. The van der Waals surface area contributed by atoms with Crippen molar-refractivity contribution in [3.63, 3.8) is 0 Å². The molecule has 1 aromatic rings. The monoisotopic (exact) mass is 269 g/mol. The summed E-state index contributed by atoms with van der Waals surface area (Å²) in [5.41, 5.74) is 4.83. The lowest BCUT2D eigenvalue weighted by molar-refractivity contribution is -0.137. The Hall–Kier alpha value is -0.810. The molecule has 0 saturated heterocycles. The van der Waals surface area contributed by atoms with E-state index in [1.54, 1.807) is 0 Å². The number of hydrogen-bond donors (Lipinski definition) is 1. The molecule has 0 aromatic heterocycles. The molecule has 0 radical (unpaired) electrons. The van der Waals surface area contributed by atoms with E-state index in [1.165, 1.54) is 0 Å². The van der Waals surface area contributed by atoms with Crippen LogP contribution in [0.4, 0.5) is 17.6 Å². The highest BCUT2D eigenvalue weighted by Crippen LogP contribution is 2.41. The highest BCUT2D eigenvalue weighted by atomic mass is 35.5. The molecule has 0 spiro atoms. The minimum Gasteiger partial charge on any atom is -0.324 e. The van der Waals surface area contributed by atoms with Gasteiger partial charge in [-0.1, -0.05) is 0 Å². The van der Waals surface area contributed by atoms with E-state index < -0.39 is 23.6 Å². The summed E-state index contributed by atoms with van der Waals surface area (Å²) in [6.07, 6.45) is -2.74. The van der Waals surface area contributed by atoms with Crippen LogP contribution >= 0.6 is 12.4 Å². The van der Waals surface area contributed by atoms with Gasteiger partial charge in [-0.2, -0.15) is 13.2 Å². The zero-order chi connectivity index (χ0) is 11.9. The third kappa shape index (κ3) is 3.10. The van der Waals surface area contributed by atoms with Crippen LogP contribution in [0.5, 0.6) is 0 Å². The number of nitrogens with two attached hydrogens (primary N) is 1. The highest BCUT2D eigenvalue weighted by molar-refractivity contribution is 5.85. The molecule has 0 aliphatic heterocycles. The molecule has 1 nitrogen and oxygen atoms in total. The minimum atomic E-state index is -4.45. The fourth-order valence-electron chi connectivity index (χ4n) is 1.68. The second-order valence-corrected chi connectivity index (χ2v) is 4.10. The summed E-state index contributed by atoms with van der Waals surface area (Å²) in [6, 6.07) is 1.76. The van der Waals surface area contributed by atoms with E-state index in [1.807, 2.05) is 0 Å². The third-order valence-corrected chi connectivity index (χ3v) is 2.81. The van der Waals surface area contributed by atoms with Gasteiger partial charge in [0.25, 0.3) is 0 Å². The highest BCUT2D eigenvalue weighted by Gasteiger charge is 2.35. The maximum atomic E-state index is 13.3. The zero-order valence-electron chi connectivity index (χ0n) is 8.80. The van der Waals surface area contributed by atoms with Crippen LogP contribution in [0.15, 0.2) is 18.2 Å². The van der Waals surface area contributed by atoms with E-state index in [9.17, 15) is 17.6 Å². The number of rotatable bonds is 2. The molecule has 1 aliphatic rings. The predicted molar refractivity (Wildman–Crippen MR) is 58.3 cm³/mol. The molecular weight excluding hydrogens is 258 g/mol. The van der Waals surface area contributed by atoms with Crippen molar-refractivity contribution in [2.75, 3.05) is 0 Å². The molecule has 1 aromatic carbocycles. The van der Waals surface area contributed by atoms with Crippen LogP contribution in [-0.2, 0) is 6.18 Å². The van der Waals surface area contributed by atoms with Gasteiger partial charge in [0, 0.05) is 11.6 Å². The third-order valence-electron chi connectivity index (χ3n) is 2.81. The van der Waals surface area contributed by atoms with Gasteiger partial charge in [0.05, 0.1) is 5.56 Å². The first-order valence-electron chi connectivity index (χ1n) is 5.02. The van der Waals surface area contributed by atoms with Gasteiger partial charge in [0.1, 0.15) is 5.82 Å². The Labute approximate surface area is 102 Å². The first-order chi connectivity index (χ1) is 7.39. The molecular formula is C11H12ClF4N. The molecule has 96 valence electrons. The van der Waals surface area contributed by atoms with Gasteiger partial charge in [-0.25, -0.2) is 4.39 Å². The molecule has 0 heterocycles. The van der Waals surface area contributed by atoms with Gasteiger partial charge in [-0.05, 0) is 37.0 Å². The lowest BCUT2D eigenvalue weighted by Crippen LogP contribution is -2.16. The van der Waals surface area contributed by atoms with E-state index >= 15 is 0 Å². The van der Waals surface area contributed by atoms with E-state index in [0.717, 1.165) is 31.0 Å². The molecule has 17 heavy (non-hydrogen) atoms. The largest absolute Gasteiger partial charge is 0.416 e. The SMILES string of the molecule is Cl.N[C@@H](c1cc(C(F)(F)F)ccc1F)C1CC1. The maximum Gasteiger partial charge on any atom is 0.416 e. The second kappa shape index (κ2) is 4.82. The lowest BCUT2D eigenvalue weighted by Gasteiger charge is -2.14. The van der Waals surface area contributed by atoms with Gasteiger partial charge in [-0.15, -0.1) is 12.4 Å². The first-order valence-corrected chi connectivity index (χ1v) is 5.02. The molecule has 0 amide bonds. The number of hydrogen-bond acceptors (Lipinski definition) is 1. The molecule has 1 fully saturated rings. The van der Waals surface area contributed by atoms with Gasteiger partial charge < -0.3 is 5.73 Å². The second-order valence-electron chi connectivity index (χ2n) is 4.10. The van der Waals surface area contributed by atoms with Crippen LogP contribution in [0.3, 0.4) is 0 Å². The Bertz CT molecular complexity index is 401. The van der Waals surface area contributed by atoms with Crippen molar-refractivity contribution in [1.82, 2.24) is 0 Å². The fraction of sp³-hybridized carbons (Fsp3) is 0.455. The summed E-state index contributed by atoms with van der Waals surface area (Å²) < 4.78 is 50.6. The van der Waals surface area contributed by atoms with Crippen LogP contribution in [-0.4, -0.2) is 0 Å². The minimum absolute atomic E-state index is 0. The average molecular weight is 270 g/mol. The van der Waals surface area contributed by atoms with E-state index in [2.05, 4.69) is 0 Å². The first kappa shape index (κ1) is 14.3. The summed E-state index contributed by atoms with van der Waals surface area (Å²) in [5.74, 6) is -0.537. The molecule has 6 heteroatoms. The van der Waals surface area contributed by atoms with Crippen LogP contribution < -0.4 is 5.73 Å². The summed E-state index contributed by atoms with van der Waals surface area (Å²) in [5, 5.41) is 0. The summed E-state index contributed by atoms with van der Waals surface area (Å²) in [4.78, 5) is 0. The average Bonchev–Trinajstić information content (AvgIpc) is 2.98. The normalized spacial score (nSPS) is 17.5. The smallest absolute Gasteiger partial charge is 0.324 e. The fourth-order valence-corrected chi connectivity index (χ4v) is 1.68. The van der Waals surface area contributed by atoms with Crippen molar-refractivity contribution in [2.45, 2.75) is 25.1 Å².